The Kier molecular flexibility index (Phi) is 5.83. The van der Waals surface area contributed by atoms with Gasteiger partial charge < -0.3 is 4.90 Å². The minimum absolute atomic E-state index is 0.259. The van der Waals surface area contributed by atoms with Crippen molar-refractivity contribution in [2.24, 2.45) is 0 Å². The summed E-state index contributed by atoms with van der Waals surface area (Å²) in [6.07, 6.45) is 0. The highest BCUT2D eigenvalue weighted by Gasteiger charge is 2.53. The Morgan fingerprint density at radius 1 is 0.373 bits per heavy atom. The molecule has 11 rings (SSSR count). The molecule has 0 fully saturated rings. The van der Waals surface area contributed by atoms with Crippen molar-refractivity contribution < 1.29 is 4.39 Å². The third-order valence-electron chi connectivity index (χ3n) is 11.2. The molecule has 2 heteroatoms. The Morgan fingerprint density at radius 2 is 0.961 bits per heavy atom. The molecule has 9 aromatic rings. The molecule has 0 aromatic heterocycles. The van der Waals surface area contributed by atoms with Crippen molar-refractivity contribution in [3.63, 3.8) is 0 Å². The number of fused-ring (bicyclic) bond motifs is 17. The zero-order valence-electron chi connectivity index (χ0n) is 27.6. The van der Waals surface area contributed by atoms with E-state index >= 15 is 0 Å². The molecule has 51 heavy (non-hydrogen) atoms. The van der Waals surface area contributed by atoms with E-state index < -0.39 is 5.41 Å². The summed E-state index contributed by atoms with van der Waals surface area (Å²) in [7, 11) is 0. The number of hydrogen-bond donors (Lipinski definition) is 0. The number of anilines is 3. The lowest BCUT2D eigenvalue weighted by Crippen LogP contribution is -2.26. The van der Waals surface area contributed by atoms with Crippen LogP contribution >= 0.6 is 0 Å². The van der Waals surface area contributed by atoms with E-state index in [4.69, 9.17) is 0 Å². The van der Waals surface area contributed by atoms with E-state index in [1.165, 1.54) is 77.5 Å². The van der Waals surface area contributed by atoms with E-state index in [-0.39, 0.29) is 5.82 Å². The van der Waals surface area contributed by atoms with Crippen LogP contribution in [-0.2, 0) is 5.41 Å². The summed E-state index contributed by atoms with van der Waals surface area (Å²) in [5.41, 5.74) is 12.7. The lowest BCUT2D eigenvalue weighted by atomic mass is 9.68. The number of para-hydroxylation sites is 1. The summed E-state index contributed by atoms with van der Waals surface area (Å²) < 4.78 is 14.7. The normalized spacial score (nSPS) is 13.4. The zero-order valence-corrected chi connectivity index (χ0v) is 27.6. The molecule has 0 bridgehead atoms. The molecule has 0 atom stereocenters. The van der Waals surface area contributed by atoms with Crippen molar-refractivity contribution in [3.05, 3.63) is 210 Å². The van der Waals surface area contributed by atoms with Gasteiger partial charge in [-0.05, 0) is 119 Å². The molecular weight excluding hydrogens is 622 g/mol. The van der Waals surface area contributed by atoms with Crippen LogP contribution in [0.1, 0.15) is 22.3 Å². The average Bonchev–Trinajstić information content (AvgIpc) is 3.67. The fourth-order valence-electron chi connectivity index (χ4n) is 9.42. The van der Waals surface area contributed by atoms with Gasteiger partial charge in [-0.25, -0.2) is 4.39 Å². The van der Waals surface area contributed by atoms with Crippen LogP contribution in [0.5, 0.6) is 0 Å². The number of hydrogen-bond acceptors (Lipinski definition) is 1. The topological polar surface area (TPSA) is 3.24 Å². The maximum atomic E-state index is 14.7. The molecule has 2 aliphatic carbocycles. The minimum atomic E-state index is -0.524. The predicted molar refractivity (Wildman–Crippen MR) is 210 cm³/mol. The average molecular weight is 652 g/mol. The van der Waals surface area contributed by atoms with Gasteiger partial charge in [0.2, 0.25) is 0 Å². The molecule has 0 N–H and O–H groups in total. The maximum absolute atomic E-state index is 14.7. The van der Waals surface area contributed by atoms with Crippen LogP contribution in [0, 0.1) is 5.82 Å². The Morgan fingerprint density at radius 3 is 1.69 bits per heavy atom. The van der Waals surface area contributed by atoms with E-state index in [1.807, 2.05) is 24.3 Å². The first-order chi connectivity index (χ1) is 25.2. The summed E-state index contributed by atoms with van der Waals surface area (Å²) in [4.78, 5) is 2.14. The standard InChI is InChI=1S/C49H30FN/c50-32-13-12-16-34(30-32)51(33-14-2-1-3-15-33)35-26-28-36-31(29-35)25-27-43-46-41-21-6-4-17-37(41)38-18-5-7-22-42(38)48(46)49(47(36)43)44-23-10-8-19-39(44)40-20-9-11-24-45(40)49/h1-30H. The molecule has 0 aliphatic heterocycles. The van der Waals surface area contributed by atoms with Gasteiger partial charge >= 0.3 is 0 Å². The summed E-state index contributed by atoms with van der Waals surface area (Å²) in [6, 6.07) is 64.4. The number of rotatable bonds is 3. The first-order valence-electron chi connectivity index (χ1n) is 17.5. The Bertz CT molecular complexity index is 2840. The van der Waals surface area contributed by atoms with Crippen LogP contribution in [0.25, 0.3) is 54.6 Å². The van der Waals surface area contributed by atoms with E-state index in [1.54, 1.807) is 12.1 Å². The van der Waals surface area contributed by atoms with Gasteiger partial charge in [-0.15, -0.1) is 0 Å². The van der Waals surface area contributed by atoms with Crippen molar-refractivity contribution in [2.45, 2.75) is 5.41 Å². The second-order valence-corrected chi connectivity index (χ2v) is 13.7. The molecule has 0 saturated heterocycles. The van der Waals surface area contributed by atoms with Crippen LogP contribution < -0.4 is 4.90 Å². The van der Waals surface area contributed by atoms with Crippen LogP contribution in [0.2, 0.25) is 0 Å². The molecular formula is C49H30FN. The zero-order chi connectivity index (χ0) is 33.7. The molecule has 0 saturated carbocycles. The van der Waals surface area contributed by atoms with Crippen molar-refractivity contribution in [3.8, 4) is 22.3 Å². The molecule has 0 unspecified atom stereocenters. The second kappa shape index (κ2) is 10.5. The highest BCUT2D eigenvalue weighted by atomic mass is 19.1. The van der Waals surface area contributed by atoms with E-state index in [0.717, 1.165) is 22.4 Å². The minimum Gasteiger partial charge on any atom is -0.310 e. The Labute approximate surface area is 295 Å². The van der Waals surface area contributed by atoms with Gasteiger partial charge in [-0.3, -0.25) is 0 Å². The number of nitrogens with zero attached hydrogens (tertiary/aromatic N) is 1. The predicted octanol–water partition coefficient (Wildman–Crippen LogP) is 13.1. The first kappa shape index (κ1) is 28.3. The molecule has 238 valence electrons. The van der Waals surface area contributed by atoms with Crippen LogP contribution in [0.4, 0.5) is 21.5 Å². The lowest BCUT2D eigenvalue weighted by molar-refractivity contribution is 0.628. The molecule has 1 nitrogen and oxygen atoms in total. The fraction of sp³-hybridized carbons (Fsp3) is 0.0204. The van der Waals surface area contributed by atoms with Gasteiger partial charge in [0.1, 0.15) is 5.82 Å². The highest BCUT2D eigenvalue weighted by molar-refractivity contribution is 6.21. The van der Waals surface area contributed by atoms with Crippen molar-refractivity contribution >= 4 is 49.4 Å². The van der Waals surface area contributed by atoms with Crippen LogP contribution in [0.15, 0.2) is 182 Å². The molecule has 9 aromatic carbocycles. The molecule has 0 heterocycles. The molecule has 2 aliphatic rings. The van der Waals surface area contributed by atoms with E-state index in [0.29, 0.717) is 0 Å². The Hall–Kier alpha value is -6.51. The van der Waals surface area contributed by atoms with E-state index in [2.05, 4.69) is 144 Å². The lowest BCUT2D eigenvalue weighted by Gasteiger charge is -2.33. The van der Waals surface area contributed by atoms with Crippen LogP contribution in [0.3, 0.4) is 0 Å². The summed E-state index contributed by atoms with van der Waals surface area (Å²) in [5.74, 6) is -0.259. The van der Waals surface area contributed by atoms with Crippen molar-refractivity contribution in [1.29, 1.82) is 0 Å². The van der Waals surface area contributed by atoms with Crippen LogP contribution in [-0.4, -0.2) is 0 Å². The monoisotopic (exact) mass is 651 g/mol. The third-order valence-corrected chi connectivity index (χ3v) is 11.2. The Balaban J connectivity index is 1.28. The quantitative estimate of drug-likeness (QED) is 0.172. The first-order valence-corrected chi connectivity index (χ1v) is 17.5. The summed E-state index contributed by atoms with van der Waals surface area (Å²) in [6.45, 7) is 0. The van der Waals surface area contributed by atoms with Gasteiger partial charge in [0.15, 0.2) is 0 Å². The van der Waals surface area contributed by atoms with Crippen molar-refractivity contribution in [2.75, 3.05) is 4.90 Å². The maximum Gasteiger partial charge on any atom is 0.125 e. The molecule has 1 spiro atoms. The second-order valence-electron chi connectivity index (χ2n) is 13.7. The van der Waals surface area contributed by atoms with E-state index in [9.17, 15) is 4.39 Å². The largest absolute Gasteiger partial charge is 0.310 e. The number of halogens is 1. The smallest absolute Gasteiger partial charge is 0.125 e. The third kappa shape index (κ3) is 3.74. The summed E-state index contributed by atoms with van der Waals surface area (Å²) in [5, 5.41) is 7.49. The number of benzene rings is 9. The SMILES string of the molecule is Fc1cccc(N(c2ccccc2)c2ccc3c4c(ccc3c2)-c2c(c3ccccc3c3ccccc23)C42c3ccccc3-c3ccccc32)c1. The van der Waals surface area contributed by atoms with Gasteiger partial charge in [0, 0.05) is 17.1 Å². The van der Waals surface area contributed by atoms with Gasteiger partial charge in [-0.2, -0.15) is 0 Å². The van der Waals surface area contributed by atoms with Gasteiger partial charge in [-0.1, -0.05) is 140 Å². The summed E-state index contributed by atoms with van der Waals surface area (Å²) >= 11 is 0. The molecule has 0 amide bonds. The highest BCUT2D eigenvalue weighted by Crippen LogP contribution is 2.66. The van der Waals surface area contributed by atoms with Crippen molar-refractivity contribution in [1.82, 2.24) is 0 Å². The molecule has 0 radical (unpaired) electrons. The van der Waals surface area contributed by atoms with Gasteiger partial charge in [0.05, 0.1) is 5.41 Å². The van der Waals surface area contributed by atoms with Gasteiger partial charge in [0.25, 0.3) is 0 Å². The fourth-order valence-corrected chi connectivity index (χ4v) is 9.42.